The van der Waals surface area contributed by atoms with Gasteiger partial charge in [0.2, 0.25) is 0 Å². The zero-order valence-electron chi connectivity index (χ0n) is 17.6. The van der Waals surface area contributed by atoms with Gasteiger partial charge in [-0.15, -0.1) is 0 Å². The molecule has 0 aliphatic carbocycles. The number of benzene rings is 2. The van der Waals surface area contributed by atoms with Crippen LogP contribution in [0.5, 0.6) is 5.75 Å². The highest BCUT2D eigenvalue weighted by atomic mass is 16.5. The average Bonchev–Trinajstić information content (AvgIpc) is 3.30. The van der Waals surface area contributed by atoms with Crippen molar-refractivity contribution in [3.63, 3.8) is 0 Å². The predicted octanol–water partition coefficient (Wildman–Crippen LogP) is 2.49. The Kier molecular flexibility index (Phi) is 6.11. The van der Waals surface area contributed by atoms with Crippen LogP contribution in [0.1, 0.15) is 24.8 Å². The molecule has 8 nitrogen and oxygen atoms in total. The second-order valence-corrected chi connectivity index (χ2v) is 7.84. The third kappa shape index (κ3) is 4.08. The van der Waals surface area contributed by atoms with Gasteiger partial charge in [0, 0.05) is 18.2 Å². The number of urea groups is 1. The number of para-hydroxylation sites is 1. The lowest BCUT2D eigenvalue weighted by Gasteiger charge is -2.42. The van der Waals surface area contributed by atoms with Crippen LogP contribution in [-0.4, -0.2) is 55.2 Å². The van der Waals surface area contributed by atoms with Crippen LogP contribution in [0.3, 0.4) is 0 Å². The van der Waals surface area contributed by atoms with Crippen molar-refractivity contribution in [1.29, 1.82) is 0 Å². The number of carbonyl (C=O) groups is 2. The third-order valence-corrected chi connectivity index (χ3v) is 5.83. The summed E-state index contributed by atoms with van der Waals surface area (Å²) in [4.78, 5) is 29.8. The molecule has 0 unspecified atom stereocenters. The van der Waals surface area contributed by atoms with E-state index in [1.54, 1.807) is 48.5 Å². The SMILES string of the molecule is COc1cccc(N2C(=O)Nc3ccccc3[C@]2(O)C(=O)NCCCN2CCCC2)c1. The largest absolute Gasteiger partial charge is 0.497 e. The molecule has 0 aromatic heterocycles. The fourth-order valence-corrected chi connectivity index (χ4v) is 4.25. The van der Waals surface area contributed by atoms with E-state index < -0.39 is 17.7 Å². The van der Waals surface area contributed by atoms with E-state index in [1.165, 1.54) is 20.0 Å². The number of fused-ring (bicyclic) bond motifs is 1. The minimum Gasteiger partial charge on any atom is -0.497 e. The Bertz CT molecular complexity index is 960. The summed E-state index contributed by atoms with van der Waals surface area (Å²) in [5.41, 5.74) is -1.13. The number of rotatable bonds is 7. The number of methoxy groups -OCH3 is 1. The van der Waals surface area contributed by atoms with Gasteiger partial charge < -0.3 is 25.4 Å². The fraction of sp³-hybridized carbons (Fsp3) is 0.391. The van der Waals surface area contributed by atoms with Crippen molar-refractivity contribution in [2.45, 2.75) is 25.0 Å². The van der Waals surface area contributed by atoms with E-state index in [4.69, 9.17) is 4.74 Å². The van der Waals surface area contributed by atoms with Gasteiger partial charge in [-0.25, -0.2) is 4.79 Å². The molecule has 8 heteroatoms. The summed E-state index contributed by atoms with van der Waals surface area (Å²) in [6.45, 7) is 3.49. The number of carbonyl (C=O) groups excluding carboxylic acids is 2. The summed E-state index contributed by atoms with van der Waals surface area (Å²) in [5.74, 6) is -0.128. The lowest BCUT2D eigenvalue weighted by molar-refractivity contribution is -0.140. The summed E-state index contributed by atoms with van der Waals surface area (Å²) in [6.07, 6.45) is 3.20. The number of hydrogen-bond acceptors (Lipinski definition) is 5. The molecule has 2 aromatic rings. The number of nitrogens with zero attached hydrogens (tertiary/aromatic N) is 2. The monoisotopic (exact) mass is 424 g/mol. The Morgan fingerprint density at radius 1 is 1.19 bits per heavy atom. The average molecular weight is 425 g/mol. The first-order valence-corrected chi connectivity index (χ1v) is 10.6. The maximum atomic E-state index is 13.3. The van der Waals surface area contributed by atoms with Gasteiger partial charge in [-0.05, 0) is 57.1 Å². The Labute approximate surface area is 181 Å². The van der Waals surface area contributed by atoms with E-state index >= 15 is 0 Å². The fourth-order valence-electron chi connectivity index (χ4n) is 4.25. The van der Waals surface area contributed by atoms with Crippen LogP contribution in [0.15, 0.2) is 48.5 Å². The molecule has 164 valence electrons. The highest BCUT2D eigenvalue weighted by Crippen LogP contribution is 2.40. The van der Waals surface area contributed by atoms with Crippen LogP contribution in [-0.2, 0) is 10.5 Å². The number of hydrogen-bond donors (Lipinski definition) is 3. The lowest BCUT2D eigenvalue weighted by Crippen LogP contribution is -2.62. The van der Waals surface area contributed by atoms with Crippen LogP contribution in [0, 0.1) is 0 Å². The first-order chi connectivity index (χ1) is 15.0. The van der Waals surface area contributed by atoms with Crippen LogP contribution >= 0.6 is 0 Å². The molecule has 1 fully saturated rings. The molecule has 0 radical (unpaired) electrons. The van der Waals surface area contributed by atoms with Gasteiger partial charge in [-0.2, -0.15) is 0 Å². The number of aliphatic hydroxyl groups is 1. The minimum absolute atomic E-state index is 0.314. The standard InChI is InChI=1S/C23H28N4O4/c1-31-18-9-6-8-17(16-18)27-22(29)25-20-11-3-2-10-19(20)23(27,30)21(28)24-12-7-15-26-13-4-5-14-26/h2-3,6,8-11,16,30H,4-5,7,12-15H2,1H3,(H,24,28)(H,25,29)/t23-/m0/s1. The number of amides is 3. The summed E-state index contributed by atoms with van der Waals surface area (Å²) in [7, 11) is 1.52. The van der Waals surface area contributed by atoms with E-state index in [1.807, 2.05) is 0 Å². The zero-order chi connectivity index (χ0) is 21.8. The van der Waals surface area contributed by atoms with Gasteiger partial charge in [-0.1, -0.05) is 24.3 Å². The summed E-state index contributed by atoms with van der Waals surface area (Å²) in [6, 6.07) is 12.9. The van der Waals surface area contributed by atoms with E-state index in [-0.39, 0.29) is 0 Å². The normalized spacial score (nSPS) is 20.8. The highest BCUT2D eigenvalue weighted by Gasteiger charge is 2.51. The molecule has 1 saturated heterocycles. The molecule has 0 bridgehead atoms. The van der Waals surface area contributed by atoms with Crippen LogP contribution in [0.25, 0.3) is 0 Å². The van der Waals surface area contributed by atoms with E-state index in [9.17, 15) is 14.7 Å². The van der Waals surface area contributed by atoms with Gasteiger partial charge >= 0.3 is 6.03 Å². The molecule has 0 spiro atoms. The zero-order valence-corrected chi connectivity index (χ0v) is 17.6. The van der Waals surface area contributed by atoms with Crippen molar-refractivity contribution < 1.29 is 19.4 Å². The predicted molar refractivity (Wildman–Crippen MR) is 118 cm³/mol. The van der Waals surface area contributed by atoms with Crippen molar-refractivity contribution in [3.8, 4) is 5.75 Å². The smallest absolute Gasteiger partial charge is 0.329 e. The van der Waals surface area contributed by atoms with Crippen molar-refractivity contribution in [3.05, 3.63) is 54.1 Å². The second-order valence-electron chi connectivity index (χ2n) is 7.84. The first kappa shape index (κ1) is 21.1. The molecule has 2 aromatic carbocycles. The molecular weight excluding hydrogens is 396 g/mol. The number of nitrogens with one attached hydrogen (secondary N) is 2. The lowest BCUT2D eigenvalue weighted by atomic mass is 9.94. The molecule has 2 aliphatic rings. The summed E-state index contributed by atoms with van der Waals surface area (Å²) < 4.78 is 5.26. The van der Waals surface area contributed by atoms with Gasteiger partial charge in [0.25, 0.3) is 11.6 Å². The van der Waals surface area contributed by atoms with Gasteiger partial charge in [0.15, 0.2) is 0 Å². The first-order valence-electron chi connectivity index (χ1n) is 10.6. The topological polar surface area (TPSA) is 94.1 Å². The van der Waals surface area contributed by atoms with Crippen molar-refractivity contribution in [1.82, 2.24) is 10.2 Å². The molecule has 2 aliphatic heterocycles. The van der Waals surface area contributed by atoms with Crippen LogP contribution in [0.4, 0.5) is 16.2 Å². The molecule has 4 rings (SSSR count). The Morgan fingerprint density at radius 2 is 1.97 bits per heavy atom. The Morgan fingerprint density at radius 3 is 2.74 bits per heavy atom. The van der Waals surface area contributed by atoms with Gasteiger partial charge in [0.05, 0.1) is 18.5 Å². The van der Waals surface area contributed by atoms with E-state index in [0.717, 1.165) is 31.0 Å². The minimum atomic E-state index is -2.20. The van der Waals surface area contributed by atoms with Crippen LogP contribution < -0.4 is 20.3 Å². The molecule has 3 N–H and O–H groups in total. The van der Waals surface area contributed by atoms with Crippen LogP contribution in [0.2, 0.25) is 0 Å². The molecule has 0 saturated carbocycles. The Balaban J connectivity index is 1.61. The Hall–Kier alpha value is -3.10. The molecule has 1 atom stereocenters. The molecule has 31 heavy (non-hydrogen) atoms. The molecular formula is C23H28N4O4. The summed E-state index contributed by atoms with van der Waals surface area (Å²) >= 11 is 0. The van der Waals surface area contributed by atoms with Gasteiger partial charge in [0.1, 0.15) is 5.75 Å². The van der Waals surface area contributed by atoms with E-state index in [0.29, 0.717) is 29.2 Å². The molecule has 3 amide bonds. The van der Waals surface area contributed by atoms with E-state index in [2.05, 4.69) is 15.5 Å². The highest BCUT2D eigenvalue weighted by molar-refractivity contribution is 6.11. The van der Waals surface area contributed by atoms with Crippen molar-refractivity contribution in [2.24, 2.45) is 0 Å². The summed E-state index contributed by atoms with van der Waals surface area (Å²) in [5, 5.41) is 17.3. The quantitative estimate of drug-likeness (QED) is 0.594. The number of likely N-dealkylation sites (tertiary alicyclic amines) is 1. The molecule has 2 heterocycles. The maximum absolute atomic E-state index is 13.3. The number of ether oxygens (including phenoxy) is 1. The number of anilines is 2. The third-order valence-electron chi connectivity index (χ3n) is 5.83. The van der Waals surface area contributed by atoms with Crippen molar-refractivity contribution in [2.75, 3.05) is 43.5 Å². The maximum Gasteiger partial charge on any atom is 0.329 e. The van der Waals surface area contributed by atoms with Crippen molar-refractivity contribution >= 4 is 23.3 Å². The second kappa shape index (κ2) is 8.95. The van der Waals surface area contributed by atoms with Gasteiger partial charge in [-0.3, -0.25) is 9.69 Å².